The Morgan fingerprint density at radius 3 is 1.25 bits per heavy atom. The molecule has 2 unspecified atom stereocenters. The van der Waals surface area contributed by atoms with Crippen LogP contribution in [0.25, 0.3) is 0 Å². The SMILES string of the molecule is CCCCCCCC/C=C\CCCCCCCC(=O)OCC(OC(=O)CCCCCCC/C=C\CCCCCCCC)C(OC(C)(C)C)[SiH](C)C. The number of carbonyl (C=O) groups excluding carboxylic acids is 2. The molecule has 0 spiro atoms. The van der Waals surface area contributed by atoms with E-state index in [-0.39, 0.29) is 29.9 Å². The minimum Gasteiger partial charge on any atom is -0.462 e. The lowest BCUT2D eigenvalue weighted by Crippen LogP contribution is -2.48. The van der Waals surface area contributed by atoms with Gasteiger partial charge in [-0.3, -0.25) is 9.59 Å². The number of ether oxygens (including phenoxy) is 3. The number of allylic oxidation sites excluding steroid dienone is 4. The summed E-state index contributed by atoms with van der Waals surface area (Å²) in [6.07, 6.45) is 41.6. The zero-order chi connectivity index (χ0) is 37.8. The number of esters is 2. The Balaban J connectivity index is 4.32. The van der Waals surface area contributed by atoms with Crippen molar-refractivity contribution in [3.8, 4) is 0 Å². The summed E-state index contributed by atoms with van der Waals surface area (Å²) in [7, 11) is -1.39. The lowest BCUT2D eigenvalue weighted by Gasteiger charge is -2.34. The van der Waals surface area contributed by atoms with E-state index < -0.39 is 14.9 Å². The standard InChI is InChI=1S/C45H86O5Si/c1-8-10-12-14-16-18-20-22-24-26-28-30-32-34-36-38-42(46)48-40-41(44(51(6)7)50-45(3,4)5)49-43(47)39-37-35-33-31-29-27-25-23-21-19-17-15-13-11-9-2/h22-25,41,44,51H,8-21,26-40H2,1-7H3/b24-22-,25-23-. The maximum absolute atomic E-state index is 12.9. The normalized spacial score (nSPS) is 13.4. The molecule has 51 heavy (non-hydrogen) atoms. The predicted molar refractivity (Wildman–Crippen MR) is 223 cm³/mol. The van der Waals surface area contributed by atoms with E-state index in [2.05, 4.69) is 51.2 Å². The van der Waals surface area contributed by atoms with E-state index in [0.29, 0.717) is 12.8 Å². The van der Waals surface area contributed by atoms with Crippen LogP contribution in [0.1, 0.15) is 214 Å². The van der Waals surface area contributed by atoms with Crippen LogP contribution in [-0.4, -0.2) is 44.8 Å². The first-order valence-electron chi connectivity index (χ1n) is 21.9. The van der Waals surface area contributed by atoms with Gasteiger partial charge in [-0.1, -0.05) is 154 Å². The smallest absolute Gasteiger partial charge is 0.306 e. The van der Waals surface area contributed by atoms with Crippen molar-refractivity contribution in [1.29, 1.82) is 0 Å². The van der Waals surface area contributed by atoms with Crippen LogP contribution in [0.15, 0.2) is 24.3 Å². The van der Waals surface area contributed by atoms with Crippen molar-refractivity contribution in [2.45, 2.75) is 245 Å². The third-order valence-electron chi connectivity index (χ3n) is 9.49. The van der Waals surface area contributed by atoms with Gasteiger partial charge in [-0.15, -0.1) is 0 Å². The van der Waals surface area contributed by atoms with E-state index in [9.17, 15) is 9.59 Å². The first-order chi connectivity index (χ1) is 24.6. The lowest BCUT2D eigenvalue weighted by molar-refractivity contribution is -0.170. The average Bonchev–Trinajstić information content (AvgIpc) is 3.08. The predicted octanol–water partition coefficient (Wildman–Crippen LogP) is 13.7. The number of carbonyl (C=O) groups is 2. The van der Waals surface area contributed by atoms with Gasteiger partial charge in [0.25, 0.3) is 0 Å². The molecule has 0 radical (unpaired) electrons. The second-order valence-corrected chi connectivity index (χ2v) is 19.5. The van der Waals surface area contributed by atoms with Gasteiger partial charge >= 0.3 is 11.9 Å². The molecule has 0 aromatic carbocycles. The molecule has 2 atom stereocenters. The summed E-state index contributed by atoms with van der Waals surface area (Å²) >= 11 is 0. The molecule has 6 heteroatoms. The van der Waals surface area contributed by atoms with E-state index >= 15 is 0 Å². The van der Waals surface area contributed by atoms with Crippen LogP contribution in [0, 0.1) is 0 Å². The van der Waals surface area contributed by atoms with Crippen LogP contribution in [0.2, 0.25) is 13.1 Å². The van der Waals surface area contributed by atoms with Crippen LogP contribution in [0.4, 0.5) is 0 Å². The van der Waals surface area contributed by atoms with Gasteiger partial charge in [0, 0.05) is 12.8 Å². The topological polar surface area (TPSA) is 61.8 Å². The van der Waals surface area contributed by atoms with E-state index in [1.165, 1.54) is 116 Å². The van der Waals surface area contributed by atoms with Crippen LogP contribution in [0.3, 0.4) is 0 Å². The molecule has 0 fully saturated rings. The summed E-state index contributed by atoms with van der Waals surface area (Å²) in [6, 6.07) is 0. The summed E-state index contributed by atoms with van der Waals surface area (Å²) in [5, 5.41) is 0. The van der Waals surface area contributed by atoms with E-state index in [1.807, 2.05) is 20.8 Å². The fourth-order valence-corrected chi connectivity index (χ4v) is 8.13. The molecule has 0 saturated carbocycles. The Morgan fingerprint density at radius 1 is 0.529 bits per heavy atom. The Morgan fingerprint density at radius 2 is 0.882 bits per heavy atom. The third kappa shape index (κ3) is 35.4. The number of hydrogen-bond donors (Lipinski definition) is 0. The van der Waals surface area contributed by atoms with Crippen LogP contribution < -0.4 is 0 Å². The molecule has 0 aromatic heterocycles. The average molecular weight is 735 g/mol. The van der Waals surface area contributed by atoms with E-state index in [4.69, 9.17) is 14.2 Å². The van der Waals surface area contributed by atoms with Gasteiger partial charge in [0.15, 0.2) is 6.10 Å². The van der Waals surface area contributed by atoms with Crippen LogP contribution in [0.5, 0.6) is 0 Å². The van der Waals surface area contributed by atoms with Crippen molar-refractivity contribution in [3.05, 3.63) is 24.3 Å². The van der Waals surface area contributed by atoms with E-state index in [1.54, 1.807) is 0 Å². The first-order valence-corrected chi connectivity index (χ1v) is 24.9. The fourth-order valence-electron chi connectivity index (χ4n) is 6.40. The highest BCUT2D eigenvalue weighted by molar-refractivity contribution is 6.57. The highest BCUT2D eigenvalue weighted by atomic mass is 28.3. The molecular formula is C45H86O5Si. The fraction of sp³-hybridized carbons (Fsp3) is 0.867. The van der Waals surface area contributed by atoms with Gasteiger partial charge in [-0.2, -0.15) is 0 Å². The van der Waals surface area contributed by atoms with Gasteiger partial charge in [0.05, 0.1) is 20.1 Å². The number of rotatable bonds is 36. The largest absolute Gasteiger partial charge is 0.462 e. The molecule has 0 aromatic rings. The van der Waals surface area contributed by atoms with Crippen LogP contribution >= 0.6 is 0 Å². The molecule has 0 aliphatic rings. The summed E-state index contributed by atoms with van der Waals surface area (Å²) in [4.78, 5) is 25.6. The summed E-state index contributed by atoms with van der Waals surface area (Å²) in [5.41, 5.74) is -0.584. The second-order valence-electron chi connectivity index (χ2n) is 16.3. The summed E-state index contributed by atoms with van der Waals surface area (Å²) in [5.74, 6) is -0.408. The van der Waals surface area contributed by atoms with Crippen molar-refractivity contribution in [2.24, 2.45) is 0 Å². The van der Waals surface area contributed by atoms with Crippen molar-refractivity contribution < 1.29 is 23.8 Å². The molecule has 0 amide bonds. The van der Waals surface area contributed by atoms with E-state index in [0.717, 1.165) is 51.4 Å². The molecule has 0 aliphatic carbocycles. The third-order valence-corrected chi connectivity index (χ3v) is 11.4. The minimum absolute atomic E-state index is 0.0773. The molecule has 0 rings (SSSR count). The molecule has 300 valence electrons. The quantitative estimate of drug-likeness (QED) is 0.0278. The zero-order valence-corrected chi connectivity index (χ0v) is 36.2. The maximum Gasteiger partial charge on any atom is 0.306 e. The molecule has 5 nitrogen and oxygen atoms in total. The summed E-state index contributed by atoms with van der Waals surface area (Å²) < 4.78 is 18.1. The maximum atomic E-state index is 12.9. The van der Waals surface area contributed by atoms with Crippen molar-refractivity contribution >= 4 is 20.7 Å². The molecular weight excluding hydrogens is 649 g/mol. The Labute approximate surface area is 319 Å². The highest BCUT2D eigenvalue weighted by Gasteiger charge is 2.34. The Bertz CT molecular complexity index is 846. The monoisotopic (exact) mass is 735 g/mol. The number of unbranched alkanes of at least 4 members (excludes halogenated alkanes) is 22. The second kappa shape index (κ2) is 35.6. The van der Waals surface area contributed by atoms with Gasteiger partial charge in [-0.05, 0) is 85.0 Å². The Kier molecular flexibility index (Phi) is 34.6. The minimum atomic E-state index is -1.39. The van der Waals surface area contributed by atoms with Gasteiger partial charge in [0.2, 0.25) is 0 Å². The molecule has 0 N–H and O–H groups in total. The number of hydrogen-bond acceptors (Lipinski definition) is 5. The van der Waals surface area contributed by atoms with Crippen LogP contribution in [-0.2, 0) is 23.8 Å². The van der Waals surface area contributed by atoms with Gasteiger partial charge in [-0.25, -0.2) is 0 Å². The lowest BCUT2D eigenvalue weighted by atomic mass is 10.1. The van der Waals surface area contributed by atoms with Crippen molar-refractivity contribution in [3.63, 3.8) is 0 Å². The molecule has 0 aliphatic heterocycles. The molecule has 0 heterocycles. The van der Waals surface area contributed by atoms with Crippen molar-refractivity contribution in [1.82, 2.24) is 0 Å². The molecule has 0 saturated heterocycles. The van der Waals surface area contributed by atoms with Crippen molar-refractivity contribution in [2.75, 3.05) is 6.61 Å². The zero-order valence-electron chi connectivity index (χ0n) is 35.1. The highest BCUT2D eigenvalue weighted by Crippen LogP contribution is 2.20. The van der Waals surface area contributed by atoms with Gasteiger partial charge in [0.1, 0.15) is 6.61 Å². The molecule has 0 bridgehead atoms. The summed E-state index contributed by atoms with van der Waals surface area (Å²) in [6.45, 7) is 15.1. The van der Waals surface area contributed by atoms with Gasteiger partial charge < -0.3 is 14.2 Å². The Hall–Kier alpha value is -1.40. The first kappa shape index (κ1) is 49.6.